The first-order valence-electron chi connectivity index (χ1n) is 5.10. The molecule has 3 rings (SSSR count). The molecule has 0 radical (unpaired) electrons. The van der Waals surface area contributed by atoms with Gasteiger partial charge < -0.3 is 5.32 Å². The summed E-state index contributed by atoms with van der Waals surface area (Å²) < 4.78 is 3.86. The highest BCUT2D eigenvalue weighted by Crippen LogP contribution is 2.27. The van der Waals surface area contributed by atoms with Gasteiger partial charge in [-0.15, -0.1) is 0 Å². The molecule has 1 aliphatic heterocycles. The van der Waals surface area contributed by atoms with E-state index < -0.39 is 0 Å². The van der Waals surface area contributed by atoms with Crippen LogP contribution in [0.5, 0.6) is 0 Å². The van der Waals surface area contributed by atoms with Gasteiger partial charge in [-0.1, -0.05) is 0 Å². The summed E-state index contributed by atoms with van der Waals surface area (Å²) in [6.07, 6.45) is 6.86. The first-order valence-corrected chi connectivity index (χ1v) is 5.10. The van der Waals surface area contributed by atoms with Crippen LogP contribution in [0.4, 0.5) is 5.82 Å². The van der Waals surface area contributed by atoms with Gasteiger partial charge in [0.2, 0.25) is 0 Å². The van der Waals surface area contributed by atoms with Crippen LogP contribution >= 0.6 is 0 Å². The van der Waals surface area contributed by atoms with Gasteiger partial charge in [0, 0.05) is 31.4 Å². The minimum atomic E-state index is 0.324. The average Bonchev–Trinajstić information content (AvgIpc) is 2.84. The zero-order valence-electron chi connectivity index (χ0n) is 8.59. The third-order valence-corrected chi connectivity index (χ3v) is 2.80. The SMILES string of the molecule is Cn1cc(C2CCNc3ccnn32)cn1. The second-order valence-electron chi connectivity index (χ2n) is 3.84. The number of hydrogen-bond acceptors (Lipinski definition) is 3. The number of aromatic nitrogens is 4. The predicted molar refractivity (Wildman–Crippen MR) is 56.7 cm³/mol. The molecule has 2 aromatic heterocycles. The van der Waals surface area contributed by atoms with Crippen LogP contribution in [-0.4, -0.2) is 26.1 Å². The van der Waals surface area contributed by atoms with Crippen molar-refractivity contribution >= 4 is 5.82 Å². The van der Waals surface area contributed by atoms with Crippen molar-refractivity contribution in [2.45, 2.75) is 12.5 Å². The molecule has 1 atom stereocenters. The minimum absolute atomic E-state index is 0.324. The van der Waals surface area contributed by atoms with Crippen LogP contribution in [0.1, 0.15) is 18.0 Å². The fourth-order valence-electron chi connectivity index (χ4n) is 2.08. The molecule has 0 bridgehead atoms. The molecular weight excluding hydrogens is 190 g/mol. The van der Waals surface area contributed by atoms with E-state index in [9.17, 15) is 0 Å². The first-order chi connectivity index (χ1) is 7.34. The minimum Gasteiger partial charge on any atom is -0.370 e. The molecule has 1 N–H and O–H groups in total. The zero-order chi connectivity index (χ0) is 10.3. The largest absolute Gasteiger partial charge is 0.370 e. The maximum absolute atomic E-state index is 4.34. The number of aryl methyl sites for hydroxylation is 1. The highest BCUT2D eigenvalue weighted by molar-refractivity contribution is 5.38. The average molecular weight is 203 g/mol. The summed E-state index contributed by atoms with van der Waals surface area (Å²) in [5.74, 6) is 1.09. The van der Waals surface area contributed by atoms with E-state index in [1.807, 2.05) is 34.9 Å². The van der Waals surface area contributed by atoms with Crippen molar-refractivity contribution < 1.29 is 0 Å². The van der Waals surface area contributed by atoms with E-state index in [1.54, 1.807) is 0 Å². The van der Waals surface area contributed by atoms with Gasteiger partial charge >= 0.3 is 0 Å². The van der Waals surface area contributed by atoms with Crippen molar-refractivity contribution in [1.29, 1.82) is 0 Å². The Morgan fingerprint density at radius 3 is 3.20 bits per heavy atom. The highest BCUT2D eigenvalue weighted by Gasteiger charge is 2.22. The van der Waals surface area contributed by atoms with E-state index in [0.29, 0.717) is 6.04 Å². The number of rotatable bonds is 1. The number of nitrogens with one attached hydrogen (secondary N) is 1. The molecule has 3 heterocycles. The Morgan fingerprint density at radius 1 is 1.47 bits per heavy atom. The van der Waals surface area contributed by atoms with Crippen molar-refractivity contribution in [3.05, 3.63) is 30.2 Å². The lowest BCUT2D eigenvalue weighted by Crippen LogP contribution is -2.23. The van der Waals surface area contributed by atoms with Gasteiger partial charge in [0.1, 0.15) is 5.82 Å². The smallest absolute Gasteiger partial charge is 0.124 e. The summed E-state index contributed by atoms with van der Waals surface area (Å²) in [6, 6.07) is 2.33. The van der Waals surface area contributed by atoms with E-state index in [2.05, 4.69) is 21.7 Å². The lowest BCUT2D eigenvalue weighted by Gasteiger charge is -2.24. The van der Waals surface area contributed by atoms with Crippen LogP contribution in [0, 0.1) is 0 Å². The summed E-state index contributed by atoms with van der Waals surface area (Å²) in [6.45, 7) is 0.991. The Bertz CT molecular complexity index is 470. The fourth-order valence-corrected chi connectivity index (χ4v) is 2.08. The Balaban J connectivity index is 2.02. The molecular formula is C10H13N5. The second kappa shape index (κ2) is 3.12. The molecule has 0 aliphatic carbocycles. The molecule has 78 valence electrons. The van der Waals surface area contributed by atoms with E-state index in [1.165, 1.54) is 5.56 Å². The lowest BCUT2D eigenvalue weighted by molar-refractivity contribution is 0.481. The summed E-state index contributed by atoms with van der Waals surface area (Å²) in [5, 5.41) is 11.9. The first kappa shape index (κ1) is 8.52. The molecule has 0 aromatic carbocycles. The van der Waals surface area contributed by atoms with Gasteiger partial charge in [-0.25, -0.2) is 4.68 Å². The van der Waals surface area contributed by atoms with Gasteiger partial charge in [0.15, 0.2) is 0 Å². The van der Waals surface area contributed by atoms with E-state index >= 15 is 0 Å². The van der Waals surface area contributed by atoms with E-state index in [-0.39, 0.29) is 0 Å². The fraction of sp³-hybridized carbons (Fsp3) is 0.400. The van der Waals surface area contributed by atoms with E-state index in [4.69, 9.17) is 0 Å². The molecule has 1 aliphatic rings. The van der Waals surface area contributed by atoms with Gasteiger partial charge in [0.05, 0.1) is 18.4 Å². The number of nitrogens with zero attached hydrogens (tertiary/aromatic N) is 4. The Kier molecular flexibility index (Phi) is 1.77. The number of anilines is 1. The summed E-state index contributed by atoms with van der Waals surface area (Å²) in [4.78, 5) is 0. The molecule has 5 heteroatoms. The van der Waals surface area contributed by atoms with Crippen LogP contribution in [0.2, 0.25) is 0 Å². The molecule has 15 heavy (non-hydrogen) atoms. The van der Waals surface area contributed by atoms with Gasteiger partial charge in [-0.2, -0.15) is 10.2 Å². The molecule has 0 amide bonds. The predicted octanol–water partition coefficient (Wildman–Crippen LogP) is 1.02. The molecule has 5 nitrogen and oxygen atoms in total. The molecule has 0 saturated carbocycles. The number of fused-ring (bicyclic) bond motifs is 1. The van der Waals surface area contributed by atoms with Crippen LogP contribution < -0.4 is 5.32 Å². The monoisotopic (exact) mass is 203 g/mol. The van der Waals surface area contributed by atoms with Crippen molar-refractivity contribution in [2.75, 3.05) is 11.9 Å². The third kappa shape index (κ3) is 1.31. The van der Waals surface area contributed by atoms with Gasteiger partial charge in [-0.3, -0.25) is 4.68 Å². The molecule has 0 fully saturated rings. The van der Waals surface area contributed by atoms with Crippen molar-refractivity contribution in [1.82, 2.24) is 19.6 Å². The molecule has 0 saturated heterocycles. The topological polar surface area (TPSA) is 47.7 Å². The zero-order valence-corrected chi connectivity index (χ0v) is 8.59. The van der Waals surface area contributed by atoms with Gasteiger partial charge in [0.25, 0.3) is 0 Å². The normalized spacial score (nSPS) is 19.7. The summed E-state index contributed by atoms with van der Waals surface area (Å²) >= 11 is 0. The summed E-state index contributed by atoms with van der Waals surface area (Å²) in [7, 11) is 1.94. The number of hydrogen-bond donors (Lipinski definition) is 1. The van der Waals surface area contributed by atoms with Gasteiger partial charge in [-0.05, 0) is 6.42 Å². The van der Waals surface area contributed by atoms with E-state index in [0.717, 1.165) is 18.8 Å². The maximum atomic E-state index is 4.34. The van der Waals surface area contributed by atoms with Crippen LogP contribution in [-0.2, 0) is 7.05 Å². The quantitative estimate of drug-likeness (QED) is 0.752. The standard InChI is InChI=1S/C10H13N5/c1-14-7-8(6-13-14)9-2-4-11-10-3-5-12-15(9)10/h3,5-7,9,11H,2,4H2,1H3. The highest BCUT2D eigenvalue weighted by atomic mass is 15.4. The molecule has 2 aromatic rings. The Hall–Kier alpha value is -1.78. The van der Waals surface area contributed by atoms with Crippen molar-refractivity contribution in [2.24, 2.45) is 7.05 Å². The van der Waals surface area contributed by atoms with Crippen molar-refractivity contribution in [3.8, 4) is 0 Å². The Morgan fingerprint density at radius 2 is 2.40 bits per heavy atom. The third-order valence-electron chi connectivity index (χ3n) is 2.80. The van der Waals surface area contributed by atoms with Crippen molar-refractivity contribution in [3.63, 3.8) is 0 Å². The maximum Gasteiger partial charge on any atom is 0.124 e. The lowest BCUT2D eigenvalue weighted by atomic mass is 10.1. The van der Waals surface area contributed by atoms with Crippen LogP contribution in [0.25, 0.3) is 0 Å². The molecule has 0 spiro atoms. The summed E-state index contributed by atoms with van der Waals surface area (Å²) in [5.41, 5.74) is 1.23. The second-order valence-corrected chi connectivity index (χ2v) is 3.84. The van der Waals surface area contributed by atoms with Crippen LogP contribution in [0.3, 0.4) is 0 Å². The molecule has 1 unspecified atom stereocenters. The van der Waals surface area contributed by atoms with Crippen LogP contribution in [0.15, 0.2) is 24.7 Å². The Labute approximate surface area is 87.7 Å².